The van der Waals surface area contributed by atoms with E-state index in [1.54, 1.807) is 66.7 Å². The van der Waals surface area contributed by atoms with Gasteiger partial charge in [0.05, 0.1) is 18.4 Å². The monoisotopic (exact) mass is 389 g/mol. The van der Waals surface area contributed by atoms with Gasteiger partial charge < -0.3 is 14.8 Å². The number of para-hydroxylation sites is 1. The second-order valence-electron chi connectivity index (χ2n) is 6.09. The Hall–Kier alpha value is -3.93. The molecule has 0 aliphatic carbocycles. The lowest BCUT2D eigenvalue weighted by atomic mass is 10.1. The molecule has 0 bridgehead atoms. The molecule has 0 unspecified atom stereocenters. The summed E-state index contributed by atoms with van der Waals surface area (Å²) in [5.74, 6) is -0.760. The Balaban J connectivity index is 1.66. The van der Waals surface area contributed by atoms with Gasteiger partial charge in [0.25, 0.3) is 5.91 Å². The summed E-state index contributed by atoms with van der Waals surface area (Å²) in [6, 6.07) is 21.6. The number of hydrogen-bond acceptors (Lipinski definition) is 5. The number of Topliss-reactive ketones (excluding diaryl/α,β-unsaturated/α-hetero) is 1. The van der Waals surface area contributed by atoms with E-state index in [2.05, 4.69) is 5.32 Å². The minimum absolute atomic E-state index is 0.166. The number of anilines is 1. The molecule has 0 fully saturated rings. The molecule has 6 heteroatoms. The molecule has 0 spiro atoms. The summed E-state index contributed by atoms with van der Waals surface area (Å²) in [4.78, 5) is 37.1. The Bertz CT molecular complexity index is 1010. The van der Waals surface area contributed by atoms with Crippen molar-refractivity contribution in [2.45, 2.75) is 0 Å². The smallest absolute Gasteiger partial charge is 0.340 e. The first-order valence-corrected chi connectivity index (χ1v) is 8.88. The lowest BCUT2D eigenvalue weighted by Crippen LogP contribution is -2.18. The van der Waals surface area contributed by atoms with Crippen molar-refractivity contribution in [2.24, 2.45) is 0 Å². The largest absolute Gasteiger partial charge is 0.497 e. The quantitative estimate of drug-likeness (QED) is 0.488. The van der Waals surface area contributed by atoms with E-state index in [0.29, 0.717) is 22.6 Å². The lowest BCUT2D eigenvalue weighted by Gasteiger charge is -2.11. The molecule has 0 saturated carbocycles. The lowest BCUT2D eigenvalue weighted by molar-refractivity contribution is 0.0475. The Labute approximate surface area is 168 Å². The van der Waals surface area contributed by atoms with Crippen LogP contribution in [0.4, 0.5) is 5.69 Å². The number of amides is 1. The fraction of sp³-hybridized carbons (Fsp3) is 0.0870. The van der Waals surface area contributed by atoms with Crippen LogP contribution in [0.15, 0.2) is 78.9 Å². The highest BCUT2D eigenvalue weighted by molar-refractivity contribution is 6.08. The van der Waals surface area contributed by atoms with Crippen LogP contribution >= 0.6 is 0 Å². The molecule has 1 N–H and O–H groups in total. The highest BCUT2D eigenvalue weighted by atomic mass is 16.5. The summed E-state index contributed by atoms with van der Waals surface area (Å²) >= 11 is 0. The molecular formula is C23H19NO5. The molecule has 29 heavy (non-hydrogen) atoms. The van der Waals surface area contributed by atoms with Crippen LogP contribution < -0.4 is 10.1 Å². The van der Waals surface area contributed by atoms with E-state index in [-0.39, 0.29) is 17.3 Å². The maximum atomic E-state index is 12.5. The summed E-state index contributed by atoms with van der Waals surface area (Å²) in [6.45, 7) is -0.411. The van der Waals surface area contributed by atoms with Crippen LogP contribution in [-0.2, 0) is 4.74 Å². The SMILES string of the molecule is COc1ccc(C(=O)COC(=O)c2ccccc2NC(=O)c2ccccc2)cc1. The van der Waals surface area contributed by atoms with Gasteiger partial charge >= 0.3 is 5.97 Å². The first-order valence-electron chi connectivity index (χ1n) is 8.88. The van der Waals surface area contributed by atoms with Crippen LogP contribution in [0, 0.1) is 0 Å². The zero-order valence-electron chi connectivity index (χ0n) is 15.8. The number of nitrogens with one attached hydrogen (secondary N) is 1. The Kier molecular flexibility index (Phi) is 6.37. The summed E-state index contributed by atoms with van der Waals surface area (Å²) in [6.07, 6.45) is 0. The number of methoxy groups -OCH3 is 1. The molecule has 6 nitrogen and oxygen atoms in total. The number of rotatable bonds is 7. The minimum Gasteiger partial charge on any atom is -0.497 e. The molecule has 3 aromatic carbocycles. The Morgan fingerprint density at radius 3 is 2.14 bits per heavy atom. The van der Waals surface area contributed by atoms with Crippen LogP contribution in [0.2, 0.25) is 0 Å². The van der Waals surface area contributed by atoms with E-state index in [9.17, 15) is 14.4 Å². The molecule has 3 aromatic rings. The summed E-state index contributed by atoms with van der Waals surface area (Å²) in [5.41, 5.74) is 1.34. The molecule has 0 saturated heterocycles. The zero-order valence-corrected chi connectivity index (χ0v) is 15.8. The number of ether oxygens (including phenoxy) is 2. The van der Waals surface area contributed by atoms with E-state index in [0.717, 1.165) is 0 Å². The Morgan fingerprint density at radius 1 is 0.793 bits per heavy atom. The fourth-order valence-corrected chi connectivity index (χ4v) is 2.62. The molecule has 0 aromatic heterocycles. The predicted octanol–water partition coefficient (Wildman–Crippen LogP) is 3.99. The highest BCUT2D eigenvalue weighted by Gasteiger charge is 2.17. The molecule has 0 atom stereocenters. The molecule has 0 aliphatic heterocycles. The highest BCUT2D eigenvalue weighted by Crippen LogP contribution is 2.18. The number of esters is 1. The molecule has 0 radical (unpaired) electrons. The van der Waals surface area contributed by atoms with Gasteiger partial charge in [-0.05, 0) is 48.5 Å². The van der Waals surface area contributed by atoms with E-state index in [1.807, 2.05) is 6.07 Å². The topological polar surface area (TPSA) is 81.7 Å². The van der Waals surface area contributed by atoms with Crippen molar-refractivity contribution in [1.29, 1.82) is 0 Å². The summed E-state index contributed by atoms with van der Waals surface area (Å²) in [7, 11) is 1.53. The summed E-state index contributed by atoms with van der Waals surface area (Å²) in [5, 5.41) is 2.70. The van der Waals surface area contributed by atoms with Gasteiger partial charge in [0.15, 0.2) is 12.4 Å². The van der Waals surface area contributed by atoms with Gasteiger partial charge in [-0.1, -0.05) is 30.3 Å². The summed E-state index contributed by atoms with van der Waals surface area (Å²) < 4.78 is 10.2. The van der Waals surface area contributed by atoms with Crippen molar-refractivity contribution in [3.05, 3.63) is 95.6 Å². The zero-order chi connectivity index (χ0) is 20.6. The van der Waals surface area contributed by atoms with Crippen molar-refractivity contribution < 1.29 is 23.9 Å². The van der Waals surface area contributed by atoms with Crippen molar-refractivity contribution in [1.82, 2.24) is 0 Å². The third-order valence-corrected chi connectivity index (χ3v) is 4.18. The molecule has 146 valence electrons. The van der Waals surface area contributed by atoms with Gasteiger partial charge in [0.1, 0.15) is 5.75 Å². The minimum atomic E-state index is -0.698. The second kappa shape index (κ2) is 9.32. The van der Waals surface area contributed by atoms with E-state index >= 15 is 0 Å². The first-order chi connectivity index (χ1) is 14.1. The van der Waals surface area contributed by atoms with Crippen LogP contribution in [0.25, 0.3) is 0 Å². The first kappa shape index (κ1) is 19.8. The van der Waals surface area contributed by atoms with Crippen LogP contribution in [-0.4, -0.2) is 31.4 Å². The van der Waals surface area contributed by atoms with Crippen molar-refractivity contribution in [2.75, 3.05) is 19.0 Å². The molecule has 3 rings (SSSR count). The van der Waals surface area contributed by atoms with Crippen LogP contribution in [0.3, 0.4) is 0 Å². The van der Waals surface area contributed by atoms with Crippen molar-refractivity contribution in [3.63, 3.8) is 0 Å². The number of carbonyl (C=O) groups is 3. The van der Waals surface area contributed by atoms with Gasteiger partial charge in [-0.25, -0.2) is 4.79 Å². The van der Waals surface area contributed by atoms with Gasteiger partial charge in [-0.3, -0.25) is 9.59 Å². The van der Waals surface area contributed by atoms with Crippen molar-refractivity contribution in [3.8, 4) is 5.75 Å². The Morgan fingerprint density at radius 2 is 1.45 bits per heavy atom. The predicted molar refractivity (Wildman–Crippen MR) is 108 cm³/mol. The van der Waals surface area contributed by atoms with Crippen LogP contribution in [0.1, 0.15) is 31.1 Å². The average Bonchev–Trinajstić information content (AvgIpc) is 2.78. The fourth-order valence-electron chi connectivity index (χ4n) is 2.62. The number of carbonyl (C=O) groups excluding carboxylic acids is 3. The maximum Gasteiger partial charge on any atom is 0.340 e. The van der Waals surface area contributed by atoms with Crippen molar-refractivity contribution >= 4 is 23.3 Å². The standard InChI is InChI=1S/C23H19NO5/c1-28-18-13-11-16(12-14-18)21(25)15-29-23(27)19-9-5-6-10-20(19)24-22(26)17-7-3-2-4-8-17/h2-14H,15H2,1H3,(H,24,26). The number of benzene rings is 3. The third kappa shape index (κ3) is 5.07. The third-order valence-electron chi connectivity index (χ3n) is 4.18. The molecule has 0 aliphatic rings. The maximum absolute atomic E-state index is 12.5. The van der Waals surface area contributed by atoms with E-state index in [1.165, 1.54) is 13.2 Å². The van der Waals surface area contributed by atoms with Gasteiger partial charge in [0, 0.05) is 11.1 Å². The second-order valence-corrected chi connectivity index (χ2v) is 6.09. The van der Waals surface area contributed by atoms with E-state index < -0.39 is 12.6 Å². The number of ketones is 1. The molecule has 1 amide bonds. The molecular weight excluding hydrogens is 370 g/mol. The normalized spacial score (nSPS) is 10.1. The average molecular weight is 389 g/mol. The van der Waals surface area contributed by atoms with Gasteiger partial charge in [0.2, 0.25) is 0 Å². The van der Waals surface area contributed by atoms with E-state index in [4.69, 9.17) is 9.47 Å². The van der Waals surface area contributed by atoms with Gasteiger partial charge in [-0.2, -0.15) is 0 Å². The van der Waals surface area contributed by atoms with Gasteiger partial charge in [-0.15, -0.1) is 0 Å². The number of hydrogen-bond donors (Lipinski definition) is 1. The molecule has 0 heterocycles. The van der Waals surface area contributed by atoms with Crippen LogP contribution in [0.5, 0.6) is 5.75 Å².